The van der Waals surface area contributed by atoms with Crippen LogP contribution in [0.25, 0.3) is 11.0 Å². The van der Waals surface area contributed by atoms with Crippen molar-refractivity contribution in [1.82, 2.24) is 20.6 Å². The lowest BCUT2D eigenvalue weighted by Gasteiger charge is -2.23. The lowest BCUT2D eigenvalue weighted by atomic mass is 9.99. The molecule has 0 aliphatic carbocycles. The molecule has 3 heterocycles. The number of alkyl halides is 3. The fourth-order valence-corrected chi connectivity index (χ4v) is 4.20. The number of rotatable bonds is 4. The van der Waals surface area contributed by atoms with Crippen LogP contribution in [0.5, 0.6) is 0 Å². The zero-order valence-electron chi connectivity index (χ0n) is 18.0. The summed E-state index contributed by atoms with van der Waals surface area (Å²) in [5.41, 5.74) is 0.740. The SMILES string of the molecule is CC(NC1=NC(c2c[nH]c3ncc(C(F)(F)F)cc23)C(C#N)=CN1)c1ccc(S(C)(=O)=O)cc1. The van der Waals surface area contributed by atoms with Crippen molar-refractivity contribution in [1.29, 1.82) is 5.26 Å². The fraction of sp³-hybridized carbons (Fsp3) is 0.227. The molecular weight excluding hydrogens is 469 g/mol. The number of aliphatic imine (C=N–C) groups is 1. The van der Waals surface area contributed by atoms with Gasteiger partial charge >= 0.3 is 6.18 Å². The lowest BCUT2D eigenvalue weighted by molar-refractivity contribution is -0.137. The molecule has 0 saturated heterocycles. The van der Waals surface area contributed by atoms with E-state index in [-0.39, 0.29) is 27.5 Å². The first kappa shape index (κ1) is 23.3. The van der Waals surface area contributed by atoms with E-state index >= 15 is 0 Å². The van der Waals surface area contributed by atoms with E-state index < -0.39 is 27.6 Å². The molecule has 4 rings (SSSR count). The van der Waals surface area contributed by atoms with Gasteiger partial charge in [0, 0.05) is 35.8 Å². The highest BCUT2D eigenvalue weighted by molar-refractivity contribution is 7.90. The van der Waals surface area contributed by atoms with E-state index in [4.69, 9.17) is 0 Å². The molecule has 0 saturated carbocycles. The molecule has 0 bridgehead atoms. The van der Waals surface area contributed by atoms with Gasteiger partial charge in [-0.05, 0) is 30.7 Å². The topological polar surface area (TPSA) is 123 Å². The molecule has 8 nitrogen and oxygen atoms in total. The predicted molar refractivity (Wildman–Crippen MR) is 119 cm³/mol. The smallest absolute Gasteiger partial charge is 0.350 e. The summed E-state index contributed by atoms with van der Waals surface area (Å²) in [5.74, 6) is 0.304. The molecule has 2 atom stereocenters. The van der Waals surface area contributed by atoms with Gasteiger partial charge in [0.25, 0.3) is 0 Å². The molecule has 1 aliphatic rings. The van der Waals surface area contributed by atoms with Gasteiger partial charge in [-0.15, -0.1) is 0 Å². The van der Waals surface area contributed by atoms with Gasteiger partial charge in [-0.2, -0.15) is 18.4 Å². The van der Waals surface area contributed by atoms with Crippen molar-refractivity contribution in [3.05, 3.63) is 71.2 Å². The third-order valence-corrected chi connectivity index (χ3v) is 6.52. The second-order valence-electron chi connectivity index (χ2n) is 7.81. The molecule has 176 valence electrons. The summed E-state index contributed by atoms with van der Waals surface area (Å²) < 4.78 is 62.9. The van der Waals surface area contributed by atoms with Crippen LogP contribution in [0.1, 0.15) is 35.7 Å². The molecule has 3 N–H and O–H groups in total. The summed E-state index contributed by atoms with van der Waals surface area (Å²) >= 11 is 0. The van der Waals surface area contributed by atoms with Gasteiger partial charge in [0.1, 0.15) is 11.7 Å². The van der Waals surface area contributed by atoms with Gasteiger partial charge in [-0.3, -0.25) is 0 Å². The summed E-state index contributed by atoms with van der Waals surface area (Å²) in [6.07, 6.45) is 0.253. The van der Waals surface area contributed by atoms with Crippen LogP contribution in [-0.4, -0.2) is 30.6 Å². The summed E-state index contributed by atoms with van der Waals surface area (Å²) in [6.45, 7) is 1.84. The molecule has 12 heteroatoms. The Bertz CT molecular complexity index is 1450. The van der Waals surface area contributed by atoms with Gasteiger partial charge in [-0.25, -0.2) is 18.4 Å². The van der Waals surface area contributed by atoms with E-state index in [1.807, 2.05) is 13.0 Å². The largest absolute Gasteiger partial charge is 0.417 e. The zero-order valence-corrected chi connectivity index (χ0v) is 18.8. The minimum Gasteiger partial charge on any atom is -0.350 e. The number of aromatic amines is 1. The van der Waals surface area contributed by atoms with Gasteiger partial charge in [0.2, 0.25) is 0 Å². The van der Waals surface area contributed by atoms with Gasteiger partial charge in [-0.1, -0.05) is 12.1 Å². The third kappa shape index (κ3) is 4.60. The average molecular weight is 488 g/mol. The highest BCUT2D eigenvalue weighted by atomic mass is 32.2. The summed E-state index contributed by atoms with van der Waals surface area (Å²) in [6, 6.07) is 8.23. The van der Waals surface area contributed by atoms with Crippen molar-refractivity contribution in [2.75, 3.05) is 6.26 Å². The number of fused-ring (bicyclic) bond motifs is 1. The van der Waals surface area contributed by atoms with Crippen LogP contribution < -0.4 is 10.6 Å². The minimum absolute atomic E-state index is 0.199. The molecule has 2 aromatic heterocycles. The van der Waals surface area contributed by atoms with Crippen LogP contribution in [0.4, 0.5) is 13.2 Å². The maximum Gasteiger partial charge on any atom is 0.417 e. The molecule has 3 aromatic rings. The van der Waals surface area contributed by atoms with Crippen LogP contribution in [-0.2, 0) is 16.0 Å². The molecule has 0 radical (unpaired) electrons. The van der Waals surface area contributed by atoms with Gasteiger partial charge < -0.3 is 15.6 Å². The number of nitrogens with one attached hydrogen (secondary N) is 3. The van der Waals surface area contributed by atoms with Crippen LogP contribution >= 0.6 is 0 Å². The lowest BCUT2D eigenvalue weighted by Crippen LogP contribution is -2.38. The summed E-state index contributed by atoms with van der Waals surface area (Å²) in [4.78, 5) is 11.4. The zero-order chi connectivity index (χ0) is 24.7. The number of aromatic nitrogens is 2. The number of nitriles is 1. The van der Waals surface area contributed by atoms with E-state index in [1.54, 1.807) is 12.1 Å². The van der Waals surface area contributed by atoms with Crippen molar-refractivity contribution in [3.8, 4) is 6.07 Å². The number of pyridine rings is 1. The predicted octanol–water partition coefficient (Wildman–Crippen LogP) is 3.74. The maximum atomic E-state index is 13.2. The fourth-order valence-electron chi connectivity index (χ4n) is 3.57. The van der Waals surface area contributed by atoms with Crippen molar-refractivity contribution in [2.45, 2.75) is 30.1 Å². The monoisotopic (exact) mass is 488 g/mol. The quantitative estimate of drug-likeness (QED) is 0.514. The third-order valence-electron chi connectivity index (χ3n) is 5.39. The van der Waals surface area contributed by atoms with Gasteiger partial charge in [0.15, 0.2) is 15.8 Å². The Morgan fingerprint density at radius 3 is 2.56 bits per heavy atom. The van der Waals surface area contributed by atoms with E-state index in [0.29, 0.717) is 11.5 Å². The average Bonchev–Trinajstić information content (AvgIpc) is 3.21. The molecule has 34 heavy (non-hydrogen) atoms. The summed E-state index contributed by atoms with van der Waals surface area (Å²) in [5, 5.41) is 15.8. The van der Waals surface area contributed by atoms with Crippen LogP contribution in [0.2, 0.25) is 0 Å². The normalized spacial score (nSPS) is 17.4. The number of hydrogen-bond acceptors (Lipinski definition) is 7. The van der Waals surface area contributed by atoms with Crippen molar-refractivity contribution in [3.63, 3.8) is 0 Å². The Morgan fingerprint density at radius 1 is 1.24 bits per heavy atom. The number of sulfone groups is 1. The second kappa shape index (κ2) is 8.49. The summed E-state index contributed by atoms with van der Waals surface area (Å²) in [7, 11) is -3.32. The van der Waals surface area contributed by atoms with Crippen molar-refractivity contribution >= 4 is 26.8 Å². The number of halogens is 3. The number of nitrogens with zero attached hydrogens (tertiary/aromatic N) is 3. The number of guanidine groups is 1. The Kier molecular flexibility index (Phi) is 5.82. The molecule has 1 aromatic carbocycles. The van der Waals surface area contributed by atoms with Crippen LogP contribution in [0, 0.1) is 11.3 Å². The van der Waals surface area contributed by atoms with Crippen LogP contribution in [0.15, 0.2) is 64.4 Å². The Balaban J connectivity index is 1.64. The molecule has 0 fully saturated rings. The standard InChI is InChI=1S/C22H19F3N6O2S/c1-12(13-3-5-16(6-4-13)34(2,32)33)30-21-29-9-14(8-26)19(31-21)18-11-28-20-17(18)7-15(10-27-20)22(23,24)25/h3-7,9-12,19H,1-2H3,(H,27,28)(H2,29,30,31). The van der Waals surface area contributed by atoms with E-state index in [9.17, 15) is 26.9 Å². The highest BCUT2D eigenvalue weighted by Crippen LogP contribution is 2.36. The highest BCUT2D eigenvalue weighted by Gasteiger charge is 2.32. The van der Waals surface area contributed by atoms with E-state index in [0.717, 1.165) is 24.1 Å². The Morgan fingerprint density at radius 2 is 1.94 bits per heavy atom. The molecular formula is C22H19F3N6O2S. The Hall–Kier alpha value is -3.85. The maximum absolute atomic E-state index is 13.2. The first-order valence-corrected chi connectivity index (χ1v) is 11.9. The van der Waals surface area contributed by atoms with E-state index in [1.165, 1.54) is 24.5 Å². The minimum atomic E-state index is -4.56. The molecule has 0 spiro atoms. The number of hydrogen-bond donors (Lipinski definition) is 3. The van der Waals surface area contributed by atoms with Crippen LogP contribution in [0.3, 0.4) is 0 Å². The second-order valence-corrected chi connectivity index (χ2v) is 9.82. The van der Waals surface area contributed by atoms with E-state index in [2.05, 4.69) is 25.6 Å². The molecule has 1 aliphatic heterocycles. The molecule has 2 unspecified atom stereocenters. The number of benzene rings is 1. The Labute approximate surface area is 193 Å². The van der Waals surface area contributed by atoms with Gasteiger partial charge in [0.05, 0.1) is 28.1 Å². The van der Waals surface area contributed by atoms with Crippen molar-refractivity contribution < 1.29 is 21.6 Å². The first-order chi connectivity index (χ1) is 16.0. The molecule has 0 amide bonds. The van der Waals surface area contributed by atoms with Crippen molar-refractivity contribution in [2.24, 2.45) is 4.99 Å². The number of H-pyrrole nitrogens is 1. The first-order valence-electron chi connectivity index (χ1n) is 10.0.